The van der Waals surface area contributed by atoms with E-state index in [1.807, 2.05) is 32.2 Å². The third-order valence-electron chi connectivity index (χ3n) is 3.39. The number of halogens is 1. The van der Waals surface area contributed by atoms with E-state index in [0.29, 0.717) is 6.54 Å². The number of nitro benzene ring substituents is 1. The minimum atomic E-state index is -0.849. The topological polar surface area (TPSA) is 76.2 Å². The average Bonchev–Trinajstić information content (AvgIpc) is 2.84. The third-order valence-corrected chi connectivity index (χ3v) is 3.39. The van der Waals surface area contributed by atoms with Gasteiger partial charge in [-0.3, -0.25) is 14.8 Å². The van der Waals surface area contributed by atoms with Gasteiger partial charge in [-0.25, -0.2) is 0 Å². The lowest BCUT2D eigenvalue weighted by Gasteiger charge is -2.24. The van der Waals surface area contributed by atoms with Crippen LogP contribution < -0.4 is 5.32 Å². The zero-order valence-electron chi connectivity index (χ0n) is 12.7. The first-order valence-corrected chi connectivity index (χ1v) is 6.72. The third kappa shape index (κ3) is 3.40. The molecule has 1 atom stereocenters. The maximum absolute atomic E-state index is 13.6. The molecule has 0 radical (unpaired) electrons. The van der Waals surface area contributed by atoms with Gasteiger partial charge in [0.1, 0.15) is 5.69 Å². The number of hydrogen-bond donors (Lipinski definition) is 1. The van der Waals surface area contributed by atoms with Gasteiger partial charge in [-0.15, -0.1) is 0 Å². The number of para-hydroxylation sites is 1. The minimum absolute atomic E-state index is 0.0448. The smallest absolute Gasteiger partial charge is 0.327 e. The van der Waals surface area contributed by atoms with E-state index in [0.717, 1.165) is 11.6 Å². The largest absolute Gasteiger partial charge is 0.377 e. The summed E-state index contributed by atoms with van der Waals surface area (Å²) in [6.07, 6.45) is 3.62. The van der Waals surface area contributed by atoms with Gasteiger partial charge < -0.3 is 10.2 Å². The average molecular weight is 307 g/mol. The molecule has 0 aliphatic carbocycles. The van der Waals surface area contributed by atoms with Crippen LogP contribution in [0.2, 0.25) is 0 Å². The second-order valence-electron chi connectivity index (χ2n) is 5.20. The molecule has 22 heavy (non-hydrogen) atoms. The standard InChI is InChI=1S/C14H18FN5O2/c1-18(2)13(10-7-17-19(3)9-10)8-16-12-6-4-5-11(15)14(12)20(21)22/h4-7,9,13,16H,8H2,1-3H3. The highest BCUT2D eigenvalue weighted by Gasteiger charge is 2.22. The molecule has 1 heterocycles. The molecule has 2 aromatic rings. The number of rotatable bonds is 6. The molecule has 0 fully saturated rings. The van der Waals surface area contributed by atoms with Crippen molar-refractivity contribution in [2.24, 2.45) is 7.05 Å². The number of nitrogens with one attached hydrogen (secondary N) is 1. The van der Waals surface area contributed by atoms with Gasteiger partial charge in [-0.2, -0.15) is 9.49 Å². The predicted octanol–water partition coefficient (Wildman–Crippen LogP) is 2.18. The van der Waals surface area contributed by atoms with E-state index in [1.54, 1.807) is 10.9 Å². The van der Waals surface area contributed by atoms with Gasteiger partial charge in [0.05, 0.1) is 17.2 Å². The van der Waals surface area contributed by atoms with Crippen molar-refractivity contribution in [3.63, 3.8) is 0 Å². The van der Waals surface area contributed by atoms with Gasteiger partial charge in [-0.1, -0.05) is 6.07 Å². The highest BCUT2D eigenvalue weighted by Crippen LogP contribution is 2.28. The number of aryl methyl sites for hydroxylation is 1. The SMILES string of the molecule is CN(C)C(CNc1cccc(F)c1[N+](=O)[O-])c1cnn(C)c1. The molecule has 0 amide bonds. The lowest BCUT2D eigenvalue weighted by Crippen LogP contribution is -2.26. The fourth-order valence-corrected chi connectivity index (χ4v) is 2.26. The highest BCUT2D eigenvalue weighted by atomic mass is 19.1. The summed E-state index contributed by atoms with van der Waals surface area (Å²) < 4.78 is 15.3. The lowest BCUT2D eigenvalue weighted by atomic mass is 10.1. The summed E-state index contributed by atoms with van der Waals surface area (Å²) in [4.78, 5) is 12.2. The Balaban J connectivity index is 2.20. The second kappa shape index (κ2) is 6.52. The summed E-state index contributed by atoms with van der Waals surface area (Å²) in [5.74, 6) is -0.849. The van der Waals surface area contributed by atoms with Crippen LogP contribution >= 0.6 is 0 Å². The van der Waals surface area contributed by atoms with Crippen molar-refractivity contribution < 1.29 is 9.31 Å². The van der Waals surface area contributed by atoms with Crippen molar-refractivity contribution in [2.45, 2.75) is 6.04 Å². The summed E-state index contributed by atoms with van der Waals surface area (Å²) in [5.41, 5.74) is 0.603. The van der Waals surface area contributed by atoms with Crippen LogP contribution in [0, 0.1) is 15.9 Å². The maximum atomic E-state index is 13.6. The Hall–Kier alpha value is -2.48. The zero-order valence-corrected chi connectivity index (χ0v) is 12.7. The van der Waals surface area contributed by atoms with E-state index in [2.05, 4.69) is 10.4 Å². The van der Waals surface area contributed by atoms with Crippen molar-refractivity contribution in [3.05, 3.63) is 52.1 Å². The predicted molar refractivity (Wildman–Crippen MR) is 81.2 cm³/mol. The molecule has 1 unspecified atom stereocenters. The molecule has 2 rings (SSSR count). The first-order chi connectivity index (χ1) is 10.4. The van der Waals surface area contributed by atoms with Crippen molar-refractivity contribution in [1.29, 1.82) is 0 Å². The zero-order chi connectivity index (χ0) is 16.3. The van der Waals surface area contributed by atoms with E-state index in [-0.39, 0.29) is 11.7 Å². The first kappa shape index (κ1) is 15.9. The van der Waals surface area contributed by atoms with Crippen LogP contribution in [0.3, 0.4) is 0 Å². The second-order valence-corrected chi connectivity index (χ2v) is 5.20. The summed E-state index contributed by atoms with van der Waals surface area (Å²) >= 11 is 0. The van der Waals surface area contributed by atoms with E-state index >= 15 is 0 Å². The number of likely N-dealkylation sites (N-methyl/N-ethyl adjacent to an activating group) is 1. The highest BCUT2D eigenvalue weighted by molar-refractivity contribution is 5.62. The number of hydrogen-bond acceptors (Lipinski definition) is 5. The van der Waals surface area contributed by atoms with Crippen LogP contribution in [0.15, 0.2) is 30.6 Å². The van der Waals surface area contributed by atoms with Gasteiger partial charge in [0.15, 0.2) is 0 Å². The van der Waals surface area contributed by atoms with Crippen LogP contribution in [-0.4, -0.2) is 40.2 Å². The van der Waals surface area contributed by atoms with Crippen LogP contribution in [-0.2, 0) is 7.05 Å². The van der Waals surface area contributed by atoms with Crippen molar-refractivity contribution in [3.8, 4) is 0 Å². The molecule has 0 aliphatic heterocycles. The van der Waals surface area contributed by atoms with Gasteiger partial charge >= 0.3 is 5.69 Å². The number of aromatic nitrogens is 2. The summed E-state index contributed by atoms with van der Waals surface area (Å²) in [5, 5.41) is 18.1. The lowest BCUT2D eigenvalue weighted by molar-refractivity contribution is -0.386. The number of anilines is 1. The molecular weight excluding hydrogens is 289 g/mol. The Morgan fingerprint density at radius 1 is 1.50 bits per heavy atom. The van der Waals surface area contributed by atoms with E-state index in [9.17, 15) is 14.5 Å². The number of nitrogens with zero attached hydrogens (tertiary/aromatic N) is 4. The van der Waals surface area contributed by atoms with Gasteiger partial charge in [0.2, 0.25) is 5.82 Å². The minimum Gasteiger partial charge on any atom is -0.377 e. The van der Waals surface area contributed by atoms with Crippen molar-refractivity contribution >= 4 is 11.4 Å². The van der Waals surface area contributed by atoms with Crippen LogP contribution in [0.4, 0.5) is 15.8 Å². The van der Waals surface area contributed by atoms with E-state index in [4.69, 9.17) is 0 Å². The molecule has 0 bridgehead atoms. The van der Waals surface area contributed by atoms with E-state index < -0.39 is 16.4 Å². The summed E-state index contributed by atoms with van der Waals surface area (Å²) in [6.45, 7) is 0.392. The molecule has 1 N–H and O–H groups in total. The molecular formula is C14H18FN5O2. The first-order valence-electron chi connectivity index (χ1n) is 6.72. The molecule has 118 valence electrons. The van der Waals surface area contributed by atoms with Gasteiger partial charge in [0, 0.05) is 25.4 Å². The fraction of sp³-hybridized carbons (Fsp3) is 0.357. The molecule has 1 aromatic carbocycles. The molecule has 0 aliphatic rings. The Labute approximate surface area is 127 Å². The van der Waals surface area contributed by atoms with Crippen LogP contribution in [0.25, 0.3) is 0 Å². The molecule has 0 saturated heterocycles. The monoisotopic (exact) mass is 307 g/mol. The fourth-order valence-electron chi connectivity index (χ4n) is 2.26. The van der Waals surface area contributed by atoms with Gasteiger partial charge in [0.25, 0.3) is 0 Å². The summed E-state index contributed by atoms with van der Waals surface area (Å²) in [7, 11) is 5.62. The molecule has 0 saturated carbocycles. The molecule has 8 heteroatoms. The quantitative estimate of drug-likeness (QED) is 0.654. The summed E-state index contributed by atoms with van der Waals surface area (Å²) in [6, 6.07) is 3.97. The Bertz CT molecular complexity index is 671. The van der Waals surface area contributed by atoms with Crippen LogP contribution in [0.5, 0.6) is 0 Å². The molecule has 7 nitrogen and oxygen atoms in total. The van der Waals surface area contributed by atoms with Crippen LogP contribution in [0.1, 0.15) is 11.6 Å². The Kier molecular flexibility index (Phi) is 4.71. The molecule has 0 spiro atoms. The number of benzene rings is 1. The Morgan fingerprint density at radius 3 is 2.77 bits per heavy atom. The Morgan fingerprint density at radius 2 is 2.23 bits per heavy atom. The number of nitro groups is 1. The van der Waals surface area contributed by atoms with Crippen molar-refractivity contribution in [2.75, 3.05) is 26.0 Å². The normalized spacial score (nSPS) is 12.4. The molecule has 1 aromatic heterocycles. The maximum Gasteiger partial charge on any atom is 0.327 e. The van der Waals surface area contributed by atoms with Gasteiger partial charge in [-0.05, 0) is 26.2 Å². The van der Waals surface area contributed by atoms with Crippen molar-refractivity contribution in [1.82, 2.24) is 14.7 Å². The van der Waals surface area contributed by atoms with E-state index in [1.165, 1.54) is 12.1 Å².